The van der Waals surface area contributed by atoms with E-state index in [1.54, 1.807) is 0 Å². The van der Waals surface area contributed by atoms with E-state index >= 15 is 0 Å². The second kappa shape index (κ2) is 6.02. The summed E-state index contributed by atoms with van der Waals surface area (Å²) in [6, 6.07) is 0.399. The van der Waals surface area contributed by atoms with Gasteiger partial charge in [-0.05, 0) is 31.6 Å². The third kappa shape index (κ3) is 2.86. The molecule has 0 aromatic rings. The fourth-order valence-corrected chi connectivity index (χ4v) is 3.04. The van der Waals surface area contributed by atoms with E-state index in [1.165, 1.54) is 0 Å². The number of carbonyl (C=O) groups is 1. The Morgan fingerprint density at radius 1 is 1.39 bits per heavy atom. The minimum Gasteiger partial charge on any atom is -0.381 e. The molecule has 0 aromatic heterocycles. The van der Waals surface area contributed by atoms with E-state index < -0.39 is 0 Å². The van der Waals surface area contributed by atoms with Crippen LogP contribution in [0, 0.1) is 5.92 Å². The highest BCUT2D eigenvalue weighted by molar-refractivity contribution is 5.84. The lowest BCUT2D eigenvalue weighted by molar-refractivity contribution is -0.134. The van der Waals surface area contributed by atoms with Gasteiger partial charge in [0.1, 0.15) is 0 Å². The van der Waals surface area contributed by atoms with Gasteiger partial charge in [-0.2, -0.15) is 0 Å². The van der Waals surface area contributed by atoms with Crippen LogP contribution in [0.2, 0.25) is 0 Å². The van der Waals surface area contributed by atoms with E-state index in [2.05, 4.69) is 31.0 Å². The number of carbonyl (C=O) groups excluding carboxylic acids is 1. The average molecular weight is 254 g/mol. The van der Waals surface area contributed by atoms with Gasteiger partial charge < -0.3 is 9.64 Å². The molecule has 1 N–H and O–H groups in total. The zero-order valence-electron chi connectivity index (χ0n) is 11.8. The van der Waals surface area contributed by atoms with Crippen LogP contribution in [0.4, 0.5) is 0 Å². The Balaban J connectivity index is 2.08. The molecule has 0 aromatic carbocycles. The van der Waals surface area contributed by atoms with Crippen molar-refractivity contribution >= 4 is 5.91 Å². The monoisotopic (exact) mass is 254 g/mol. The second-order valence-electron chi connectivity index (χ2n) is 5.86. The largest absolute Gasteiger partial charge is 0.381 e. The van der Waals surface area contributed by atoms with E-state index in [1.807, 2.05) is 0 Å². The highest BCUT2D eigenvalue weighted by Crippen LogP contribution is 2.26. The van der Waals surface area contributed by atoms with E-state index in [4.69, 9.17) is 4.74 Å². The minimum atomic E-state index is 0.0246. The molecule has 2 aliphatic rings. The molecule has 1 amide bonds. The van der Waals surface area contributed by atoms with Crippen molar-refractivity contribution in [2.24, 2.45) is 5.92 Å². The van der Waals surface area contributed by atoms with Gasteiger partial charge >= 0.3 is 0 Å². The third-order valence-electron chi connectivity index (χ3n) is 3.97. The summed E-state index contributed by atoms with van der Waals surface area (Å²) in [5.41, 5.74) is 0. The molecular weight excluding hydrogens is 228 g/mol. The fourth-order valence-electron chi connectivity index (χ4n) is 3.04. The van der Waals surface area contributed by atoms with Gasteiger partial charge in [0, 0.05) is 19.3 Å². The molecule has 2 heterocycles. The Bertz CT molecular complexity index is 288. The number of hydrogen-bond acceptors (Lipinski definition) is 3. The molecule has 104 valence electrons. The van der Waals surface area contributed by atoms with Crippen molar-refractivity contribution in [1.29, 1.82) is 0 Å². The van der Waals surface area contributed by atoms with Crippen LogP contribution in [0.5, 0.6) is 0 Å². The van der Waals surface area contributed by atoms with Crippen LogP contribution < -0.4 is 5.32 Å². The first-order valence-corrected chi connectivity index (χ1v) is 7.29. The Morgan fingerprint density at radius 2 is 2.06 bits per heavy atom. The van der Waals surface area contributed by atoms with Gasteiger partial charge in [0.2, 0.25) is 5.91 Å². The normalized spacial score (nSPS) is 30.4. The van der Waals surface area contributed by atoms with E-state index in [9.17, 15) is 4.79 Å². The first-order chi connectivity index (χ1) is 8.63. The molecule has 2 aliphatic heterocycles. The smallest absolute Gasteiger partial charge is 0.241 e. The van der Waals surface area contributed by atoms with Crippen molar-refractivity contribution in [2.75, 3.05) is 13.2 Å². The predicted octanol–water partition coefficient (Wildman–Crippen LogP) is 1.75. The topological polar surface area (TPSA) is 41.6 Å². The average Bonchev–Trinajstić information content (AvgIpc) is 2.66. The second-order valence-corrected chi connectivity index (χ2v) is 5.86. The maximum atomic E-state index is 12.5. The fraction of sp³-hybridized carbons (Fsp3) is 0.929. The number of ether oxygens (including phenoxy) is 1. The van der Waals surface area contributed by atoms with Gasteiger partial charge in [-0.15, -0.1) is 0 Å². The van der Waals surface area contributed by atoms with Crippen LogP contribution in [0.15, 0.2) is 0 Å². The third-order valence-corrected chi connectivity index (χ3v) is 3.97. The van der Waals surface area contributed by atoms with Gasteiger partial charge in [-0.3, -0.25) is 10.1 Å². The summed E-state index contributed by atoms with van der Waals surface area (Å²) in [5, 5.41) is 3.50. The SMILES string of the molecule is CCC1NC(CC(C)C)N(C2CCOCC2)C1=O. The van der Waals surface area contributed by atoms with Crippen LogP contribution in [-0.4, -0.2) is 42.3 Å². The number of nitrogens with one attached hydrogen (secondary N) is 1. The minimum absolute atomic E-state index is 0.0246. The first kappa shape index (κ1) is 13.8. The summed E-state index contributed by atoms with van der Waals surface area (Å²) in [6.45, 7) is 8.09. The molecule has 0 spiro atoms. The molecule has 0 bridgehead atoms. The van der Waals surface area contributed by atoms with E-state index in [0.29, 0.717) is 17.9 Å². The summed E-state index contributed by atoms with van der Waals surface area (Å²) in [6.07, 6.45) is 4.12. The lowest BCUT2D eigenvalue weighted by Gasteiger charge is -2.35. The molecular formula is C14H26N2O2. The standard InChI is InChI=1S/C14H26N2O2/c1-4-12-14(17)16(11-5-7-18-8-6-11)13(15-12)9-10(2)3/h10-13,15H,4-9H2,1-3H3. The number of hydrogen-bond donors (Lipinski definition) is 1. The molecule has 18 heavy (non-hydrogen) atoms. The lowest BCUT2D eigenvalue weighted by atomic mass is 10.0. The lowest BCUT2D eigenvalue weighted by Crippen LogP contribution is -2.47. The number of nitrogens with zero attached hydrogens (tertiary/aromatic N) is 1. The van der Waals surface area contributed by atoms with Crippen LogP contribution in [0.25, 0.3) is 0 Å². The van der Waals surface area contributed by atoms with E-state index in [-0.39, 0.29) is 12.2 Å². The Hall–Kier alpha value is -0.610. The molecule has 0 saturated carbocycles. The highest BCUT2D eigenvalue weighted by Gasteiger charge is 2.41. The maximum absolute atomic E-state index is 12.5. The summed E-state index contributed by atoms with van der Waals surface area (Å²) in [4.78, 5) is 14.6. The molecule has 2 atom stereocenters. The molecule has 0 radical (unpaired) electrons. The Morgan fingerprint density at radius 3 is 2.61 bits per heavy atom. The van der Waals surface area contributed by atoms with Crippen LogP contribution in [-0.2, 0) is 9.53 Å². The summed E-state index contributed by atoms with van der Waals surface area (Å²) < 4.78 is 5.41. The molecule has 4 heteroatoms. The predicted molar refractivity (Wildman–Crippen MR) is 71.1 cm³/mol. The van der Waals surface area contributed by atoms with Gasteiger partial charge in [-0.25, -0.2) is 0 Å². The molecule has 4 nitrogen and oxygen atoms in total. The Kier molecular flexibility index (Phi) is 4.62. The van der Waals surface area contributed by atoms with Crippen molar-refractivity contribution in [1.82, 2.24) is 10.2 Å². The summed E-state index contributed by atoms with van der Waals surface area (Å²) in [7, 11) is 0. The van der Waals surface area contributed by atoms with Gasteiger partial charge in [0.05, 0.1) is 12.2 Å². The maximum Gasteiger partial charge on any atom is 0.241 e. The highest BCUT2D eigenvalue weighted by atomic mass is 16.5. The molecule has 2 fully saturated rings. The number of amides is 1. The molecule has 0 aliphatic carbocycles. The molecule has 2 saturated heterocycles. The van der Waals surface area contributed by atoms with Crippen molar-refractivity contribution < 1.29 is 9.53 Å². The molecule has 2 rings (SSSR count). The first-order valence-electron chi connectivity index (χ1n) is 7.29. The quantitative estimate of drug-likeness (QED) is 0.831. The van der Waals surface area contributed by atoms with Crippen molar-refractivity contribution in [3.8, 4) is 0 Å². The zero-order valence-corrected chi connectivity index (χ0v) is 11.8. The van der Waals surface area contributed by atoms with Crippen molar-refractivity contribution in [3.63, 3.8) is 0 Å². The molecule has 2 unspecified atom stereocenters. The van der Waals surface area contributed by atoms with Gasteiger partial charge in [0.25, 0.3) is 0 Å². The van der Waals surface area contributed by atoms with Crippen LogP contribution in [0.1, 0.15) is 46.5 Å². The number of rotatable bonds is 4. The van der Waals surface area contributed by atoms with Gasteiger partial charge in [0.15, 0.2) is 0 Å². The van der Waals surface area contributed by atoms with Crippen LogP contribution in [0.3, 0.4) is 0 Å². The van der Waals surface area contributed by atoms with Crippen molar-refractivity contribution in [2.45, 2.75) is 64.7 Å². The van der Waals surface area contributed by atoms with E-state index in [0.717, 1.165) is 38.9 Å². The Labute approximate surface area is 110 Å². The van der Waals surface area contributed by atoms with Gasteiger partial charge in [-0.1, -0.05) is 20.8 Å². The summed E-state index contributed by atoms with van der Waals surface area (Å²) >= 11 is 0. The summed E-state index contributed by atoms with van der Waals surface area (Å²) in [5.74, 6) is 0.906. The van der Waals surface area contributed by atoms with Crippen molar-refractivity contribution in [3.05, 3.63) is 0 Å². The zero-order chi connectivity index (χ0) is 13.1. The van der Waals surface area contributed by atoms with Crippen LogP contribution >= 0.6 is 0 Å².